The molecule has 1 rings (SSSR count). The van der Waals surface area contributed by atoms with E-state index in [-0.39, 0.29) is 17.6 Å². The number of amides is 2. The number of rotatable bonds is 7. The molecule has 0 heterocycles. The molecule has 3 N–H and O–H groups in total. The topological polar surface area (TPSA) is 78.4 Å². The van der Waals surface area contributed by atoms with Gasteiger partial charge in [0.15, 0.2) is 0 Å². The highest BCUT2D eigenvalue weighted by molar-refractivity contribution is 5.92. The normalized spacial score (nSPS) is 11.8. The van der Waals surface area contributed by atoms with Gasteiger partial charge in [-0.2, -0.15) is 0 Å². The number of carboxylic acid groups (broad SMARTS) is 1. The van der Waals surface area contributed by atoms with Crippen LogP contribution in [0.1, 0.15) is 55.5 Å². The van der Waals surface area contributed by atoms with Gasteiger partial charge in [0.2, 0.25) is 0 Å². The number of carbonyl (C=O) groups is 2. The SMILES string of the molecule is CCCCCC(C)NC(=O)Nc1ccc(C(=O)O)cc1C. The number of urea groups is 1. The predicted molar refractivity (Wildman–Crippen MR) is 83.9 cm³/mol. The fourth-order valence-electron chi connectivity index (χ4n) is 2.09. The molecular formula is C16H24N2O3. The van der Waals surface area contributed by atoms with E-state index < -0.39 is 5.97 Å². The zero-order chi connectivity index (χ0) is 15.8. The first kappa shape index (κ1) is 17.0. The molecule has 5 nitrogen and oxygen atoms in total. The maximum Gasteiger partial charge on any atom is 0.335 e. The standard InChI is InChI=1S/C16H24N2O3/c1-4-5-6-7-12(3)17-16(21)18-14-9-8-13(15(19)20)10-11(14)2/h8-10,12H,4-7H2,1-3H3,(H,19,20)(H2,17,18,21). The average molecular weight is 292 g/mol. The van der Waals surface area contributed by atoms with Crippen LogP contribution in [-0.4, -0.2) is 23.1 Å². The lowest BCUT2D eigenvalue weighted by atomic mass is 10.1. The van der Waals surface area contributed by atoms with Gasteiger partial charge < -0.3 is 15.7 Å². The van der Waals surface area contributed by atoms with Gasteiger partial charge in [-0.1, -0.05) is 26.2 Å². The summed E-state index contributed by atoms with van der Waals surface area (Å²) in [5.74, 6) is -0.973. The molecule has 0 aliphatic rings. The number of nitrogens with one attached hydrogen (secondary N) is 2. The van der Waals surface area contributed by atoms with Crippen molar-refractivity contribution in [3.8, 4) is 0 Å². The van der Waals surface area contributed by atoms with Crippen molar-refractivity contribution in [1.82, 2.24) is 5.32 Å². The summed E-state index contributed by atoms with van der Waals surface area (Å²) in [6, 6.07) is 4.50. The fraction of sp³-hybridized carbons (Fsp3) is 0.500. The number of hydrogen-bond acceptors (Lipinski definition) is 2. The Morgan fingerprint density at radius 3 is 2.57 bits per heavy atom. The Morgan fingerprint density at radius 2 is 2.00 bits per heavy atom. The minimum Gasteiger partial charge on any atom is -0.478 e. The molecule has 116 valence electrons. The monoisotopic (exact) mass is 292 g/mol. The molecule has 0 spiro atoms. The van der Waals surface area contributed by atoms with Crippen molar-refractivity contribution < 1.29 is 14.7 Å². The number of anilines is 1. The summed E-state index contributed by atoms with van der Waals surface area (Å²) in [4.78, 5) is 22.7. The first-order valence-electron chi connectivity index (χ1n) is 7.35. The average Bonchev–Trinajstić information content (AvgIpc) is 2.41. The predicted octanol–water partition coefficient (Wildman–Crippen LogP) is 3.78. The molecule has 0 saturated carbocycles. The first-order valence-corrected chi connectivity index (χ1v) is 7.35. The number of carboxylic acids is 1. The fourth-order valence-corrected chi connectivity index (χ4v) is 2.09. The molecule has 1 aromatic rings. The van der Waals surface area contributed by atoms with Gasteiger partial charge in [-0.05, 0) is 44.0 Å². The van der Waals surface area contributed by atoms with E-state index in [2.05, 4.69) is 17.6 Å². The Labute approximate surface area is 125 Å². The first-order chi connectivity index (χ1) is 9.93. The van der Waals surface area contributed by atoms with Crippen LogP contribution in [0.5, 0.6) is 0 Å². The van der Waals surface area contributed by atoms with Gasteiger partial charge in [-0.15, -0.1) is 0 Å². The van der Waals surface area contributed by atoms with Gasteiger partial charge in [0, 0.05) is 11.7 Å². The molecule has 0 bridgehead atoms. The second-order valence-corrected chi connectivity index (χ2v) is 5.33. The van der Waals surface area contributed by atoms with Crippen molar-refractivity contribution in [1.29, 1.82) is 0 Å². The maximum atomic E-state index is 11.9. The summed E-state index contributed by atoms with van der Waals surface area (Å²) >= 11 is 0. The van der Waals surface area contributed by atoms with E-state index in [1.807, 2.05) is 6.92 Å². The van der Waals surface area contributed by atoms with Crippen molar-refractivity contribution in [2.24, 2.45) is 0 Å². The summed E-state index contributed by atoms with van der Waals surface area (Å²) < 4.78 is 0. The molecule has 0 aliphatic carbocycles. The zero-order valence-corrected chi connectivity index (χ0v) is 12.9. The molecule has 0 fully saturated rings. The van der Waals surface area contributed by atoms with E-state index >= 15 is 0 Å². The minimum absolute atomic E-state index is 0.121. The third-order valence-corrected chi connectivity index (χ3v) is 3.34. The minimum atomic E-state index is -0.973. The smallest absolute Gasteiger partial charge is 0.335 e. The van der Waals surface area contributed by atoms with Crippen LogP contribution in [0.2, 0.25) is 0 Å². The summed E-state index contributed by atoms with van der Waals surface area (Å²) in [7, 11) is 0. The highest BCUT2D eigenvalue weighted by atomic mass is 16.4. The molecule has 1 aromatic carbocycles. The van der Waals surface area contributed by atoms with Crippen molar-refractivity contribution >= 4 is 17.7 Å². The van der Waals surface area contributed by atoms with Gasteiger partial charge in [-0.3, -0.25) is 0 Å². The van der Waals surface area contributed by atoms with Gasteiger partial charge in [-0.25, -0.2) is 9.59 Å². The van der Waals surface area contributed by atoms with Crippen molar-refractivity contribution in [3.63, 3.8) is 0 Å². The third kappa shape index (κ3) is 5.85. The molecule has 0 aliphatic heterocycles. The van der Waals surface area contributed by atoms with Gasteiger partial charge in [0.05, 0.1) is 5.56 Å². The van der Waals surface area contributed by atoms with Gasteiger partial charge >= 0.3 is 12.0 Å². The number of aryl methyl sites for hydroxylation is 1. The Hall–Kier alpha value is -2.04. The highest BCUT2D eigenvalue weighted by Gasteiger charge is 2.10. The largest absolute Gasteiger partial charge is 0.478 e. The van der Waals surface area contributed by atoms with Crippen molar-refractivity contribution in [3.05, 3.63) is 29.3 Å². The Balaban J connectivity index is 2.53. The van der Waals surface area contributed by atoms with Gasteiger partial charge in [0.1, 0.15) is 0 Å². The lowest BCUT2D eigenvalue weighted by molar-refractivity contribution is 0.0697. The molecule has 2 amide bonds. The number of carbonyl (C=O) groups excluding carboxylic acids is 1. The lowest BCUT2D eigenvalue weighted by Gasteiger charge is -2.15. The Morgan fingerprint density at radius 1 is 1.29 bits per heavy atom. The second-order valence-electron chi connectivity index (χ2n) is 5.33. The number of unbranched alkanes of at least 4 members (excludes halogenated alkanes) is 2. The van der Waals surface area contributed by atoms with E-state index in [0.29, 0.717) is 5.69 Å². The van der Waals surface area contributed by atoms with Crippen LogP contribution in [0, 0.1) is 6.92 Å². The molecule has 0 aromatic heterocycles. The van der Waals surface area contributed by atoms with Crippen LogP contribution in [0.3, 0.4) is 0 Å². The molecule has 1 unspecified atom stereocenters. The van der Waals surface area contributed by atoms with Crippen LogP contribution >= 0.6 is 0 Å². The van der Waals surface area contributed by atoms with Crippen LogP contribution < -0.4 is 10.6 Å². The molecule has 1 atom stereocenters. The molecule has 21 heavy (non-hydrogen) atoms. The van der Waals surface area contributed by atoms with Crippen molar-refractivity contribution in [2.45, 2.75) is 52.5 Å². The van der Waals surface area contributed by atoms with Crippen molar-refractivity contribution in [2.75, 3.05) is 5.32 Å². The second kappa shape index (κ2) is 8.29. The Kier molecular flexibility index (Phi) is 6.72. The number of hydrogen-bond donors (Lipinski definition) is 3. The summed E-state index contributed by atoms with van der Waals surface area (Å²) in [5, 5.41) is 14.5. The number of aromatic carboxylic acids is 1. The van der Waals surface area contributed by atoms with E-state index in [1.165, 1.54) is 12.5 Å². The summed E-state index contributed by atoms with van der Waals surface area (Å²) in [5.41, 5.74) is 1.56. The quantitative estimate of drug-likeness (QED) is 0.669. The van der Waals surface area contributed by atoms with Crippen LogP contribution in [0.25, 0.3) is 0 Å². The van der Waals surface area contributed by atoms with Gasteiger partial charge in [0.25, 0.3) is 0 Å². The third-order valence-electron chi connectivity index (χ3n) is 3.34. The van der Waals surface area contributed by atoms with E-state index in [4.69, 9.17) is 5.11 Å². The van der Waals surface area contributed by atoms with Crippen LogP contribution in [0.15, 0.2) is 18.2 Å². The van der Waals surface area contributed by atoms with E-state index in [9.17, 15) is 9.59 Å². The molecule has 0 radical (unpaired) electrons. The maximum absolute atomic E-state index is 11.9. The Bertz CT molecular complexity index is 500. The highest BCUT2D eigenvalue weighted by Crippen LogP contribution is 2.16. The van der Waals surface area contributed by atoms with E-state index in [1.54, 1.807) is 19.1 Å². The van der Waals surface area contributed by atoms with Crippen LogP contribution in [-0.2, 0) is 0 Å². The van der Waals surface area contributed by atoms with Crippen LogP contribution in [0.4, 0.5) is 10.5 Å². The summed E-state index contributed by atoms with van der Waals surface area (Å²) in [6.07, 6.45) is 4.39. The zero-order valence-electron chi connectivity index (χ0n) is 12.9. The molecule has 5 heteroatoms. The summed E-state index contributed by atoms with van der Waals surface area (Å²) in [6.45, 7) is 5.90. The number of benzene rings is 1. The molecular weight excluding hydrogens is 268 g/mol. The van der Waals surface area contributed by atoms with E-state index in [0.717, 1.165) is 24.8 Å². The lowest BCUT2D eigenvalue weighted by Crippen LogP contribution is -2.36. The molecule has 0 saturated heterocycles.